The second kappa shape index (κ2) is 10.7. The number of carbonyl (C=O) groups excluding carboxylic acids is 1. The fraction of sp³-hybridized carbons (Fsp3) is 0.381. The Bertz CT molecular complexity index is 672. The molecule has 1 amide bonds. The van der Waals surface area contributed by atoms with Gasteiger partial charge in [0.05, 0.1) is 22.8 Å². The average molecular weight is 357 g/mol. The zero-order valence-corrected chi connectivity index (χ0v) is 15.6. The molecule has 0 bridgehead atoms. The van der Waals surface area contributed by atoms with Crippen molar-refractivity contribution in [2.45, 2.75) is 50.3 Å². The molecule has 0 heterocycles. The summed E-state index contributed by atoms with van der Waals surface area (Å²) in [5.41, 5.74) is 1.18. The van der Waals surface area contributed by atoms with Crippen LogP contribution in [0.3, 0.4) is 0 Å². The van der Waals surface area contributed by atoms with Gasteiger partial charge in [0.25, 0.3) is 5.91 Å². The Morgan fingerprint density at radius 1 is 0.960 bits per heavy atom. The number of para-hydroxylation sites is 2. The number of rotatable bonds is 10. The van der Waals surface area contributed by atoms with Crippen molar-refractivity contribution in [2.75, 3.05) is 11.9 Å². The molecule has 1 N–H and O–H groups in total. The molecule has 2 rings (SSSR count). The van der Waals surface area contributed by atoms with Gasteiger partial charge in [-0.05, 0) is 30.7 Å². The van der Waals surface area contributed by atoms with Gasteiger partial charge in [0, 0.05) is 0 Å². The summed E-state index contributed by atoms with van der Waals surface area (Å²) in [7, 11) is 0. The molecule has 2 aromatic carbocycles. The minimum absolute atomic E-state index is 0.198. The summed E-state index contributed by atoms with van der Waals surface area (Å²) in [6.45, 7) is 2.85. The number of hydrogen-bond acceptors (Lipinski definition) is 2. The topological polar surface area (TPSA) is 38.3 Å². The highest BCUT2D eigenvalue weighted by Gasteiger charge is 2.13. The number of nitrogens with one attached hydrogen (secondary N) is 1. The van der Waals surface area contributed by atoms with Crippen molar-refractivity contribution in [3.8, 4) is 5.75 Å². The average Bonchev–Trinajstić information content (AvgIpc) is 2.63. The number of hydrogen-bond donors (Lipinski definition) is 1. The van der Waals surface area contributed by atoms with Gasteiger partial charge in [-0.25, -0.2) is 0 Å². The van der Waals surface area contributed by atoms with Gasteiger partial charge in [0.2, 0.25) is 0 Å². The van der Waals surface area contributed by atoms with Crippen LogP contribution in [-0.2, 0) is 0 Å². The van der Waals surface area contributed by atoms with Gasteiger partial charge in [0.1, 0.15) is 5.75 Å². The Balaban J connectivity index is 1.89. The molecule has 133 valence electrons. The summed E-state index contributed by atoms with van der Waals surface area (Å²) >= 11 is 5.24. The van der Waals surface area contributed by atoms with Crippen molar-refractivity contribution in [1.29, 1.82) is 0 Å². The van der Waals surface area contributed by atoms with E-state index in [2.05, 4.69) is 12.2 Å². The van der Waals surface area contributed by atoms with Gasteiger partial charge in [-0.1, -0.05) is 75.9 Å². The second-order valence-electron chi connectivity index (χ2n) is 6.06. The Hall–Kier alpha value is -2.07. The molecule has 0 saturated carbocycles. The van der Waals surface area contributed by atoms with E-state index in [9.17, 15) is 4.79 Å². The molecule has 3 nitrogen and oxygen atoms in total. The molecule has 1 radical (unpaired) electrons. The summed E-state index contributed by atoms with van der Waals surface area (Å²) in [6.07, 6.45) is 7.26. The third-order valence-corrected chi connectivity index (χ3v) is 4.38. The van der Waals surface area contributed by atoms with Crippen molar-refractivity contribution in [3.63, 3.8) is 0 Å². The molecule has 0 fully saturated rings. The highest BCUT2D eigenvalue weighted by atomic mass is 32.1. The lowest BCUT2D eigenvalue weighted by atomic mass is 10.1. The first-order valence-electron chi connectivity index (χ1n) is 9.01. The van der Waals surface area contributed by atoms with Crippen LogP contribution in [0.2, 0.25) is 0 Å². The van der Waals surface area contributed by atoms with Crippen LogP contribution in [0.15, 0.2) is 53.4 Å². The van der Waals surface area contributed by atoms with Crippen LogP contribution in [0.5, 0.6) is 5.75 Å². The number of unbranched alkanes of at least 4 members (excludes halogenated alkanes) is 5. The first kappa shape index (κ1) is 19.3. The minimum Gasteiger partial charge on any atom is -0.493 e. The molecule has 2 aromatic rings. The van der Waals surface area contributed by atoms with Crippen molar-refractivity contribution in [2.24, 2.45) is 0 Å². The molecule has 25 heavy (non-hydrogen) atoms. The van der Waals surface area contributed by atoms with Crippen LogP contribution in [0.1, 0.15) is 55.8 Å². The maximum atomic E-state index is 12.6. The van der Waals surface area contributed by atoms with Crippen molar-refractivity contribution >= 4 is 24.2 Å². The lowest BCUT2D eigenvalue weighted by Gasteiger charge is -2.12. The fourth-order valence-corrected chi connectivity index (χ4v) is 2.80. The molecule has 0 spiro atoms. The summed E-state index contributed by atoms with van der Waals surface area (Å²) in [5, 5.41) is 2.87. The monoisotopic (exact) mass is 356 g/mol. The van der Waals surface area contributed by atoms with E-state index in [1.54, 1.807) is 18.2 Å². The van der Waals surface area contributed by atoms with Crippen molar-refractivity contribution < 1.29 is 9.53 Å². The zero-order chi connectivity index (χ0) is 17.9. The largest absolute Gasteiger partial charge is 0.493 e. The number of benzene rings is 2. The van der Waals surface area contributed by atoms with Crippen LogP contribution in [0.4, 0.5) is 5.69 Å². The summed E-state index contributed by atoms with van der Waals surface area (Å²) < 4.78 is 5.85. The van der Waals surface area contributed by atoms with Gasteiger partial charge in [0.15, 0.2) is 0 Å². The molecule has 0 aromatic heterocycles. The highest BCUT2D eigenvalue weighted by molar-refractivity contribution is 7.80. The SMILES string of the molecule is CCCCCCCCOc1ccccc1C(=O)Nc1ccccc1[S]. The molecule has 0 saturated heterocycles. The fourth-order valence-electron chi connectivity index (χ4n) is 2.60. The van der Waals surface area contributed by atoms with E-state index < -0.39 is 0 Å². The normalized spacial score (nSPS) is 10.4. The maximum Gasteiger partial charge on any atom is 0.259 e. The third kappa shape index (κ3) is 6.39. The van der Waals surface area contributed by atoms with E-state index in [4.69, 9.17) is 17.4 Å². The predicted molar refractivity (Wildman–Crippen MR) is 106 cm³/mol. The molecular formula is C21H26NO2S. The first-order chi connectivity index (χ1) is 12.2. The van der Waals surface area contributed by atoms with Gasteiger partial charge in [-0.3, -0.25) is 4.79 Å². The smallest absolute Gasteiger partial charge is 0.259 e. The van der Waals surface area contributed by atoms with Crippen LogP contribution in [0.25, 0.3) is 0 Å². The van der Waals surface area contributed by atoms with Gasteiger partial charge in [-0.15, -0.1) is 0 Å². The van der Waals surface area contributed by atoms with E-state index in [1.165, 1.54) is 25.7 Å². The molecule has 0 unspecified atom stereocenters. The quantitative estimate of drug-likeness (QED) is 0.512. The molecule has 0 atom stereocenters. The van der Waals surface area contributed by atoms with Crippen LogP contribution in [-0.4, -0.2) is 12.5 Å². The molecule has 0 aliphatic heterocycles. The first-order valence-corrected chi connectivity index (χ1v) is 9.42. The van der Waals surface area contributed by atoms with Gasteiger partial charge < -0.3 is 10.1 Å². The lowest BCUT2D eigenvalue weighted by Crippen LogP contribution is -2.14. The van der Waals surface area contributed by atoms with E-state index in [-0.39, 0.29) is 5.91 Å². The second-order valence-corrected chi connectivity index (χ2v) is 6.50. The number of carbonyl (C=O) groups is 1. The minimum atomic E-state index is -0.198. The van der Waals surface area contributed by atoms with Crippen molar-refractivity contribution in [3.05, 3.63) is 54.1 Å². The maximum absolute atomic E-state index is 12.6. The molecule has 4 heteroatoms. The Labute approximate surface area is 156 Å². The Morgan fingerprint density at radius 2 is 1.64 bits per heavy atom. The number of anilines is 1. The summed E-state index contributed by atoms with van der Waals surface area (Å²) in [6, 6.07) is 14.7. The summed E-state index contributed by atoms with van der Waals surface area (Å²) in [4.78, 5) is 13.2. The zero-order valence-electron chi connectivity index (χ0n) is 14.8. The van der Waals surface area contributed by atoms with E-state index in [0.29, 0.717) is 28.5 Å². The van der Waals surface area contributed by atoms with E-state index in [0.717, 1.165) is 12.8 Å². The van der Waals surface area contributed by atoms with Gasteiger partial charge in [-0.2, -0.15) is 0 Å². The Morgan fingerprint density at radius 3 is 2.44 bits per heavy atom. The van der Waals surface area contributed by atoms with E-state index in [1.807, 2.05) is 30.3 Å². The lowest BCUT2D eigenvalue weighted by molar-refractivity contribution is 0.102. The van der Waals surface area contributed by atoms with Crippen LogP contribution >= 0.6 is 12.6 Å². The molecular weight excluding hydrogens is 330 g/mol. The number of ether oxygens (including phenoxy) is 1. The van der Waals surface area contributed by atoms with Crippen LogP contribution < -0.4 is 10.1 Å². The highest BCUT2D eigenvalue weighted by Crippen LogP contribution is 2.23. The predicted octanol–water partition coefficient (Wildman–Crippen LogP) is 6.23. The number of amides is 1. The standard InChI is InChI=1S/C21H26NO2S/c1-2-3-4-5-6-11-16-24-19-14-9-7-12-17(19)21(23)22-18-13-8-10-15-20(18)25/h7-10,12-15H,2-6,11,16H2,1H3,(H,22,23). The van der Waals surface area contributed by atoms with E-state index >= 15 is 0 Å². The van der Waals surface area contributed by atoms with Gasteiger partial charge >= 0.3 is 0 Å². The molecule has 0 aliphatic rings. The third-order valence-electron chi connectivity index (χ3n) is 4.02. The molecule has 0 aliphatic carbocycles. The Kier molecular flexibility index (Phi) is 8.26. The summed E-state index contributed by atoms with van der Waals surface area (Å²) in [5.74, 6) is 0.422. The van der Waals surface area contributed by atoms with Crippen LogP contribution in [0, 0.1) is 0 Å². The van der Waals surface area contributed by atoms with Crippen molar-refractivity contribution in [1.82, 2.24) is 0 Å².